The summed E-state index contributed by atoms with van der Waals surface area (Å²) in [5, 5.41) is 1.34. The largest absolute Gasteiger partial charge is 0.354 e. The Bertz CT molecular complexity index is 685. The third-order valence-corrected chi connectivity index (χ3v) is 4.67. The van der Waals surface area contributed by atoms with Crippen molar-refractivity contribution in [3.05, 3.63) is 54.6 Å². The molecule has 0 aliphatic carbocycles. The second-order valence-electron chi connectivity index (χ2n) is 4.94. The highest BCUT2D eigenvalue weighted by Gasteiger charge is 2.12. The molecule has 20 heavy (non-hydrogen) atoms. The summed E-state index contributed by atoms with van der Waals surface area (Å²) in [6.07, 6.45) is 2.51. The summed E-state index contributed by atoms with van der Waals surface area (Å²) in [4.78, 5) is 4.98. The SMILES string of the molecule is CCCCSc1c(-c2ccccc2)[nH]c2ccccc12. The number of hydrogen-bond acceptors (Lipinski definition) is 1. The summed E-state index contributed by atoms with van der Waals surface area (Å²) in [5.41, 5.74) is 3.75. The van der Waals surface area contributed by atoms with Gasteiger partial charge in [0.1, 0.15) is 0 Å². The highest BCUT2D eigenvalue weighted by Crippen LogP contribution is 2.37. The third-order valence-electron chi connectivity index (χ3n) is 3.47. The molecule has 102 valence electrons. The van der Waals surface area contributed by atoms with E-state index in [4.69, 9.17) is 0 Å². The molecular formula is C18H19NS. The van der Waals surface area contributed by atoms with Crippen LogP contribution in [0.5, 0.6) is 0 Å². The molecule has 0 saturated heterocycles. The van der Waals surface area contributed by atoms with Crippen molar-refractivity contribution in [2.45, 2.75) is 24.7 Å². The summed E-state index contributed by atoms with van der Waals surface area (Å²) in [5.74, 6) is 1.18. The lowest BCUT2D eigenvalue weighted by Gasteiger charge is -2.04. The molecule has 0 unspecified atom stereocenters. The molecule has 3 aromatic rings. The predicted octanol–water partition coefficient (Wildman–Crippen LogP) is 5.73. The lowest BCUT2D eigenvalue weighted by atomic mass is 10.1. The van der Waals surface area contributed by atoms with Gasteiger partial charge in [0.25, 0.3) is 0 Å². The Morgan fingerprint density at radius 2 is 1.70 bits per heavy atom. The number of benzene rings is 2. The summed E-state index contributed by atoms with van der Waals surface area (Å²) in [6, 6.07) is 19.2. The number of nitrogens with one attached hydrogen (secondary N) is 1. The van der Waals surface area contributed by atoms with Crippen LogP contribution in [0, 0.1) is 0 Å². The van der Waals surface area contributed by atoms with E-state index in [1.807, 2.05) is 11.8 Å². The Balaban J connectivity index is 2.08. The van der Waals surface area contributed by atoms with Gasteiger partial charge in [-0.3, -0.25) is 0 Å². The van der Waals surface area contributed by atoms with Crippen molar-refractivity contribution in [2.75, 3.05) is 5.75 Å². The minimum absolute atomic E-state index is 1.18. The van der Waals surface area contributed by atoms with Crippen molar-refractivity contribution < 1.29 is 0 Å². The van der Waals surface area contributed by atoms with Gasteiger partial charge in [-0.25, -0.2) is 0 Å². The molecule has 0 amide bonds. The number of fused-ring (bicyclic) bond motifs is 1. The zero-order valence-corrected chi connectivity index (χ0v) is 12.5. The Morgan fingerprint density at radius 3 is 2.50 bits per heavy atom. The van der Waals surface area contributed by atoms with Gasteiger partial charge in [-0.1, -0.05) is 61.9 Å². The molecule has 1 heterocycles. The van der Waals surface area contributed by atoms with Crippen LogP contribution in [0.25, 0.3) is 22.2 Å². The lowest BCUT2D eigenvalue weighted by Crippen LogP contribution is -1.82. The lowest BCUT2D eigenvalue weighted by molar-refractivity contribution is 0.896. The van der Waals surface area contributed by atoms with Gasteiger partial charge in [-0.05, 0) is 23.8 Å². The average molecular weight is 281 g/mol. The van der Waals surface area contributed by atoms with E-state index in [-0.39, 0.29) is 0 Å². The molecule has 0 saturated carbocycles. The minimum Gasteiger partial charge on any atom is -0.354 e. The van der Waals surface area contributed by atoms with Crippen LogP contribution in [0.2, 0.25) is 0 Å². The molecule has 0 atom stereocenters. The Kier molecular flexibility index (Phi) is 4.12. The van der Waals surface area contributed by atoms with Gasteiger partial charge in [0.05, 0.1) is 5.69 Å². The maximum Gasteiger partial charge on any atom is 0.0603 e. The maximum atomic E-state index is 3.59. The van der Waals surface area contributed by atoms with E-state index in [2.05, 4.69) is 66.5 Å². The standard InChI is InChI=1S/C18H19NS/c1-2-3-13-20-18-15-11-7-8-12-16(15)19-17(18)14-9-5-4-6-10-14/h4-12,19H,2-3,13H2,1H3. The number of para-hydroxylation sites is 1. The summed E-state index contributed by atoms with van der Waals surface area (Å²) < 4.78 is 0. The zero-order valence-electron chi connectivity index (χ0n) is 11.7. The van der Waals surface area contributed by atoms with E-state index >= 15 is 0 Å². The van der Waals surface area contributed by atoms with Gasteiger partial charge in [-0.15, -0.1) is 11.8 Å². The quantitative estimate of drug-likeness (QED) is 0.466. The van der Waals surface area contributed by atoms with E-state index in [1.54, 1.807) is 0 Å². The van der Waals surface area contributed by atoms with Gasteiger partial charge in [0, 0.05) is 15.8 Å². The van der Waals surface area contributed by atoms with Gasteiger partial charge >= 0.3 is 0 Å². The molecule has 0 spiro atoms. The Hall–Kier alpha value is -1.67. The van der Waals surface area contributed by atoms with Crippen LogP contribution in [0.4, 0.5) is 0 Å². The van der Waals surface area contributed by atoms with Crippen LogP contribution in [0.1, 0.15) is 19.8 Å². The van der Waals surface area contributed by atoms with E-state index in [0.717, 1.165) is 0 Å². The van der Waals surface area contributed by atoms with E-state index < -0.39 is 0 Å². The highest BCUT2D eigenvalue weighted by molar-refractivity contribution is 7.99. The van der Waals surface area contributed by atoms with Crippen molar-refractivity contribution in [3.63, 3.8) is 0 Å². The van der Waals surface area contributed by atoms with Crippen LogP contribution in [-0.4, -0.2) is 10.7 Å². The van der Waals surface area contributed by atoms with Gasteiger partial charge in [0.2, 0.25) is 0 Å². The molecule has 1 nitrogen and oxygen atoms in total. The first-order chi connectivity index (χ1) is 9.90. The molecular weight excluding hydrogens is 262 g/mol. The smallest absolute Gasteiger partial charge is 0.0603 e. The van der Waals surface area contributed by atoms with Crippen molar-refractivity contribution in [1.82, 2.24) is 4.98 Å². The second kappa shape index (κ2) is 6.19. The molecule has 2 heteroatoms. The normalized spacial score (nSPS) is 11.1. The average Bonchev–Trinajstić information content (AvgIpc) is 2.87. The molecule has 1 aromatic heterocycles. The molecule has 0 bridgehead atoms. The number of aromatic nitrogens is 1. The van der Waals surface area contributed by atoms with E-state index in [0.29, 0.717) is 0 Å². The summed E-state index contributed by atoms with van der Waals surface area (Å²) >= 11 is 1.97. The minimum atomic E-state index is 1.18. The maximum absolute atomic E-state index is 3.59. The molecule has 3 rings (SSSR count). The third kappa shape index (κ3) is 2.61. The Morgan fingerprint density at radius 1 is 0.950 bits per heavy atom. The van der Waals surface area contributed by atoms with E-state index in [1.165, 1.54) is 45.7 Å². The van der Waals surface area contributed by atoms with Gasteiger partial charge < -0.3 is 4.98 Å². The first-order valence-electron chi connectivity index (χ1n) is 7.19. The van der Waals surface area contributed by atoms with Crippen molar-refractivity contribution in [2.24, 2.45) is 0 Å². The van der Waals surface area contributed by atoms with Crippen LogP contribution in [-0.2, 0) is 0 Å². The number of unbranched alkanes of at least 4 members (excludes halogenated alkanes) is 1. The topological polar surface area (TPSA) is 15.8 Å². The fraction of sp³-hybridized carbons (Fsp3) is 0.222. The molecule has 0 radical (unpaired) electrons. The first kappa shape index (κ1) is 13.3. The van der Waals surface area contributed by atoms with Crippen LogP contribution < -0.4 is 0 Å². The molecule has 0 aliphatic rings. The molecule has 1 N–H and O–H groups in total. The Labute approximate surface area is 124 Å². The monoisotopic (exact) mass is 281 g/mol. The summed E-state index contributed by atoms with van der Waals surface area (Å²) in [7, 11) is 0. The molecule has 0 aliphatic heterocycles. The van der Waals surface area contributed by atoms with E-state index in [9.17, 15) is 0 Å². The molecule has 2 aromatic carbocycles. The number of aromatic amines is 1. The molecule has 0 fully saturated rings. The van der Waals surface area contributed by atoms with Gasteiger partial charge in [-0.2, -0.15) is 0 Å². The fourth-order valence-electron chi connectivity index (χ4n) is 2.39. The van der Waals surface area contributed by atoms with Crippen LogP contribution >= 0.6 is 11.8 Å². The second-order valence-corrected chi connectivity index (χ2v) is 6.05. The zero-order chi connectivity index (χ0) is 13.8. The van der Waals surface area contributed by atoms with Crippen LogP contribution in [0.3, 0.4) is 0 Å². The summed E-state index contributed by atoms with van der Waals surface area (Å²) in [6.45, 7) is 2.24. The van der Waals surface area contributed by atoms with Crippen molar-refractivity contribution in [3.8, 4) is 11.3 Å². The van der Waals surface area contributed by atoms with Crippen LogP contribution in [0.15, 0.2) is 59.5 Å². The number of H-pyrrole nitrogens is 1. The number of hydrogen-bond donors (Lipinski definition) is 1. The first-order valence-corrected chi connectivity index (χ1v) is 8.17. The number of rotatable bonds is 5. The predicted molar refractivity (Wildman–Crippen MR) is 89.4 cm³/mol. The fourth-order valence-corrected chi connectivity index (χ4v) is 3.68. The van der Waals surface area contributed by atoms with Crippen molar-refractivity contribution >= 4 is 22.7 Å². The van der Waals surface area contributed by atoms with Gasteiger partial charge in [0.15, 0.2) is 0 Å². The number of thioether (sulfide) groups is 1. The van der Waals surface area contributed by atoms with Crippen molar-refractivity contribution in [1.29, 1.82) is 0 Å². The highest BCUT2D eigenvalue weighted by atomic mass is 32.2.